The molecule has 0 saturated heterocycles. The molecule has 0 bridgehead atoms. The van der Waals surface area contributed by atoms with Crippen molar-refractivity contribution in [2.45, 2.75) is 6.61 Å². The van der Waals surface area contributed by atoms with Crippen LogP contribution in [0.15, 0.2) is 34.7 Å². The van der Waals surface area contributed by atoms with Gasteiger partial charge in [0.15, 0.2) is 5.76 Å². The lowest BCUT2D eigenvalue weighted by molar-refractivity contribution is 0.0998. The van der Waals surface area contributed by atoms with E-state index in [-0.39, 0.29) is 11.5 Å². The van der Waals surface area contributed by atoms with Crippen LogP contribution in [0.3, 0.4) is 0 Å². The van der Waals surface area contributed by atoms with E-state index in [9.17, 15) is 4.79 Å². The summed E-state index contributed by atoms with van der Waals surface area (Å²) in [4.78, 5) is 12.4. The molecule has 2 aromatic rings. The Morgan fingerprint density at radius 1 is 1.26 bits per heavy atom. The molecule has 0 amide bonds. The number of ketones is 1. The second kappa shape index (κ2) is 5.58. The van der Waals surface area contributed by atoms with Crippen molar-refractivity contribution < 1.29 is 18.7 Å². The molecule has 5 nitrogen and oxygen atoms in total. The first-order valence-corrected chi connectivity index (χ1v) is 5.72. The zero-order chi connectivity index (χ0) is 13.8. The highest BCUT2D eigenvalue weighted by Crippen LogP contribution is 2.27. The van der Waals surface area contributed by atoms with Gasteiger partial charge in [0.05, 0.1) is 12.7 Å². The molecular weight excluding hydrogens is 246 g/mol. The van der Waals surface area contributed by atoms with Gasteiger partial charge in [-0.15, -0.1) is 0 Å². The van der Waals surface area contributed by atoms with Crippen LogP contribution < -0.4 is 10.5 Å². The summed E-state index contributed by atoms with van der Waals surface area (Å²) in [6.45, 7) is 0.314. The number of furan rings is 1. The van der Waals surface area contributed by atoms with Crippen molar-refractivity contribution in [3.05, 3.63) is 47.4 Å². The maximum atomic E-state index is 12.4. The van der Waals surface area contributed by atoms with Crippen LogP contribution in [-0.4, -0.2) is 20.0 Å². The Morgan fingerprint density at radius 2 is 2.05 bits per heavy atom. The number of carbonyl (C=O) groups excluding carboxylic acids is 1. The molecule has 0 saturated carbocycles. The average Bonchev–Trinajstić information content (AvgIpc) is 2.86. The van der Waals surface area contributed by atoms with Gasteiger partial charge in [-0.05, 0) is 24.3 Å². The molecule has 19 heavy (non-hydrogen) atoms. The van der Waals surface area contributed by atoms with Crippen LogP contribution in [0.25, 0.3) is 0 Å². The molecule has 0 unspecified atom stereocenters. The van der Waals surface area contributed by atoms with E-state index in [2.05, 4.69) is 0 Å². The topological polar surface area (TPSA) is 74.7 Å². The van der Waals surface area contributed by atoms with Gasteiger partial charge in [-0.1, -0.05) is 6.07 Å². The summed E-state index contributed by atoms with van der Waals surface area (Å²) in [6, 6.07) is 8.35. The van der Waals surface area contributed by atoms with Gasteiger partial charge < -0.3 is 19.6 Å². The van der Waals surface area contributed by atoms with Gasteiger partial charge in [-0.2, -0.15) is 0 Å². The maximum absolute atomic E-state index is 12.4. The zero-order valence-corrected chi connectivity index (χ0v) is 10.8. The summed E-state index contributed by atoms with van der Waals surface area (Å²) in [5.74, 6) is 0.912. The molecule has 0 radical (unpaired) electrons. The number of nitrogen functional groups attached to an aromatic ring is 1. The molecule has 0 spiro atoms. The van der Waals surface area contributed by atoms with Crippen LogP contribution in [-0.2, 0) is 11.3 Å². The van der Waals surface area contributed by atoms with E-state index in [1.165, 1.54) is 7.11 Å². The van der Waals surface area contributed by atoms with E-state index in [1.807, 2.05) is 0 Å². The average molecular weight is 261 g/mol. The molecule has 1 aromatic heterocycles. The number of nitrogens with two attached hydrogens (primary N) is 1. The molecule has 0 aliphatic carbocycles. The Balaban J connectivity index is 2.38. The molecular formula is C14H15NO4. The quantitative estimate of drug-likeness (QED) is 0.660. The highest BCUT2D eigenvalue weighted by atomic mass is 16.5. The number of anilines is 1. The Hall–Kier alpha value is -2.27. The fourth-order valence-electron chi connectivity index (χ4n) is 1.80. The van der Waals surface area contributed by atoms with Crippen molar-refractivity contribution in [3.63, 3.8) is 0 Å². The van der Waals surface area contributed by atoms with Gasteiger partial charge in [0.1, 0.15) is 18.1 Å². The first-order chi connectivity index (χ1) is 9.17. The van der Waals surface area contributed by atoms with E-state index < -0.39 is 0 Å². The van der Waals surface area contributed by atoms with Crippen LogP contribution >= 0.6 is 0 Å². The van der Waals surface area contributed by atoms with Crippen LogP contribution in [0.5, 0.6) is 5.75 Å². The lowest BCUT2D eigenvalue weighted by Crippen LogP contribution is -2.06. The first kappa shape index (κ1) is 13.2. The van der Waals surface area contributed by atoms with Gasteiger partial charge >= 0.3 is 0 Å². The summed E-state index contributed by atoms with van der Waals surface area (Å²) in [5, 5.41) is 0. The molecule has 0 fully saturated rings. The molecule has 2 rings (SSSR count). The van der Waals surface area contributed by atoms with E-state index in [1.54, 1.807) is 37.4 Å². The largest absolute Gasteiger partial charge is 0.496 e. The van der Waals surface area contributed by atoms with Crippen LogP contribution in [0.1, 0.15) is 21.9 Å². The summed E-state index contributed by atoms with van der Waals surface area (Å²) in [5.41, 5.74) is 6.50. The number of ether oxygens (including phenoxy) is 2. The Morgan fingerprint density at radius 3 is 2.74 bits per heavy atom. The van der Waals surface area contributed by atoms with Gasteiger partial charge in [-0.25, -0.2) is 0 Å². The fourth-order valence-corrected chi connectivity index (χ4v) is 1.80. The number of methoxy groups -OCH3 is 2. The molecule has 5 heteroatoms. The van der Waals surface area contributed by atoms with Crippen molar-refractivity contribution in [1.29, 1.82) is 0 Å². The van der Waals surface area contributed by atoms with Gasteiger partial charge in [0.2, 0.25) is 5.78 Å². The predicted octanol–water partition coefficient (Wildman–Crippen LogP) is 2.25. The highest BCUT2D eigenvalue weighted by molar-refractivity contribution is 6.12. The Labute approximate surface area is 110 Å². The summed E-state index contributed by atoms with van der Waals surface area (Å²) in [7, 11) is 3.05. The summed E-state index contributed by atoms with van der Waals surface area (Å²) < 4.78 is 15.5. The minimum atomic E-state index is -0.308. The second-order valence-corrected chi connectivity index (χ2v) is 3.95. The molecule has 1 aromatic carbocycles. The molecule has 0 atom stereocenters. The molecule has 2 N–H and O–H groups in total. The van der Waals surface area contributed by atoms with Crippen molar-refractivity contribution in [2.75, 3.05) is 20.0 Å². The number of hydrogen-bond acceptors (Lipinski definition) is 5. The van der Waals surface area contributed by atoms with Gasteiger partial charge in [0, 0.05) is 12.8 Å². The number of benzene rings is 1. The molecule has 0 aliphatic rings. The third-order valence-corrected chi connectivity index (χ3v) is 2.68. The van der Waals surface area contributed by atoms with E-state index >= 15 is 0 Å². The van der Waals surface area contributed by atoms with E-state index in [0.717, 1.165) is 0 Å². The normalized spacial score (nSPS) is 10.4. The first-order valence-electron chi connectivity index (χ1n) is 5.72. The number of rotatable bonds is 5. The zero-order valence-electron chi connectivity index (χ0n) is 10.8. The Kier molecular flexibility index (Phi) is 3.87. The Bertz CT molecular complexity index is 589. The maximum Gasteiger partial charge on any atom is 0.233 e. The van der Waals surface area contributed by atoms with Crippen molar-refractivity contribution >= 4 is 11.5 Å². The van der Waals surface area contributed by atoms with Crippen LogP contribution in [0.2, 0.25) is 0 Å². The SMILES string of the molecule is COCc1ccc(C(=O)c2c(N)cccc2OC)o1. The monoisotopic (exact) mass is 261 g/mol. The van der Waals surface area contributed by atoms with E-state index in [0.29, 0.717) is 29.4 Å². The fraction of sp³-hybridized carbons (Fsp3) is 0.214. The van der Waals surface area contributed by atoms with Crippen LogP contribution in [0, 0.1) is 0 Å². The highest BCUT2D eigenvalue weighted by Gasteiger charge is 2.20. The standard InChI is InChI=1S/C14H15NO4/c1-17-8-9-6-7-12(19-9)14(16)13-10(15)4-3-5-11(13)18-2/h3-7H,8,15H2,1-2H3. The minimum Gasteiger partial charge on any atom is -0.496 e. The van der Waals surface area contributed by atoms with Gasteiger partial charge in [0.25, 0.3) is 0 Å². The number of hydrogen-bond donors (Lipinski definition) is 1. The van der Waals surface area contributed by atoms with Crippen molar-refractivity contribution in [1.82, 2.24) is 0 Å². The lowest BCUT2D eigenvalue weighted by Gasteiger charge is -2.08. The summed E-state index contributed by atoms with van der Waals surface area (Å²) in [6.07, 6.45) is 0. The summed E-state index contributed by atoms with van der Waals surface area (Å²) >= 11 is 0. The third kappa shape index (κ3) is 2.61. The van der Waals surface area contributed by atoms with Crippen molar-refractivity contribution in [3.8, 4) is 5.75 Å². The molecule has 0 aliphatic heterocycles. The molecule has 1 heterocycles. The number of carbonyl (C=O) groups is 1. The predicted molar refractivity (Wildman–Crippen MR) is 70.3 cm³/mol. The minimum absolute atomic E-state index is 0.211. The van der Waals surface area contributed by atoms with Crippen molar-refractivity contribution in [2.24, 2.45) is 0 Å². The lowest BCUT2D eigenvalue weighted by atomic mass is 10.1. The third-order valence-electron chi connectivity index (χ3n) is 2.68. The van der Waals surface area contributed by atoms with E-state index in [4.69, 9.17) is 19.6 Å². The second-order valence-electron chi connectivity index (χ2n) is 3.95. The smallest absolute Gasteiger partial charge is 0.233 e. The van der Waals surface area contributed by atoms with Gasteiger partial charge in [-0.3, -0.25) is 4.79 Å². The molecule has 100 valence electrons. The van der Waals surface area contributed by atoms with Crippen LogP contribution in [0.4, 0.5) is 5.69 Å².